The van der Waals surface area contributed by atoms with Gasteiger partial charge in [-0.3, -0.25) is 14.4 Å². The van der Waals surface area contributed by atoms with Gasteiger partial charge in [0.1, 0.15) is 0 Å². The van der Waals surface area contributed by atoms with Gasteiger partial charge < -0.3 is 15.5 Å². The number of hydrogen-bond acceptors (Lipinski definition) is 3. The maximum atomic E-state index is 12.7. The van der Waals surface area contributed by atoms with Crippen LogP contribution in [0.15, 0.2) is 72.8 Å². The Balaban J connectivity index is 1.44. The van der Waals surface area contributed by atoms with Crippen molar-refractivity contribution in [2.75, 3.05) is 22.1 Å². The molecule has 6 heteroatoms. The Morgan fingerprint density at radius 1 is 0.844 bits per heavy atom. The van der Waals surface area contributed by atoms with Crippen LogP contribution in [0, 0.1) is 19.8 Å². The fraction of sp³-hybridized carbons (Fsp3) is 0.192. The van der Waals surface area contributed by atoms with Gasteiger partial charge in [0, 0.05) is 35.6 Å². The molecule has 162 valence electrons. The first-order chi connectivity index (χ1) is 15.4. The van der Waals surface area contributed by atoms with Crippen molar-refractivity contribution in [1.82, 2.24) is 0 Å². The van der Waals surface area contributed by atoms with Crippen LogP contribution < -0.4 is 15.5 Å². The standard InChI is InChI=1S/C26H25N3O3/c1-17-9-11-21(12-10-17)27-25(31)19-6-4-8-23(14-19)29-16-20(15-24(29)30)26(32)28-22-7-3-5-18(2)13-22/h3-14,20H,15-16H2,1-2H3,(H,27,31)(H,28,32)/t20-/m0/s1. The number of amides is 3. The van der Waals surface area contributed by atoms with E-state index >= 15 is 0 Å². The van der Waals surface area contributed by atoms with Crippen molar-refractivity contribution in [3.8, 4) is 0 Å². The molecule has 3 aromatic rings. The fourth-order valence-corrected chi connectivity index (χ4v) is 3.76. The van der Waals surface area contributed by atoms with Crippen molar-refractivity contribution < 1.29 is 14.4 Å². The molecule has 0 unspecified atom stereocenters. The molecular weight excluding hydrogens is 402 g/mol. The second kappa shape index (κ2) is 9.06. The minimum Gasteiger partial charge on any atom is -0.326 e. The average Bonchev–Trinajstić information content (AvgIpc) is 3.17. The highest BCUT2D eigenvalue weighted by Crippen LogP contribution is 2.27. The lowest BCUT2D eigenvalue weighted by molar-refractivity contribution is -0.122. The molecule has 0 radical (unpaired) electrons. The normalized spacial score (nSPS) is 15.5. The van der Waals surface area contributed by atoms with Crippen molar-refractivity contribution in [2.45, 2.75) is 20.3 Å². The summed E-state index contributed by atoms with van der Waals surface area (Å²) in [6.07, 6.45) is 0.136. The summed E-state index contributed by atoms with van der Waals surface area (Å²) in [7, 11) is 0. The van der Waals surface area contributed by atoms with Crippen molar-refractivity contribution in [3.05, 3.63) is 89.5 Å². The molecule has 1 heterocycles. The van der Waals surface area contributed by atoms with Crippen molar-refractivity contribution in [3.63, 3.8) is 0 Å². The van der Waals surface area contributed by atoms with E-state index < -0.39 is 5.92 Å². The summed E-state index contributed by atoms with van der Waals surface area (Å²) in [5.41, 5.74) is 4.64. The smallest absolute Gasteiger partial charge is 0.255 e. The summed E-state index contributed by atoms with van der Waals surface area (Å²) in [6, 6.07) is 22.0. The van der Waals surface area contributed by atoms with Crippen LogP contribution in [-0.2, 0) is 9.59 Å². The molecule has 1 atom stereocenters. The molecule has 1 aliphatic heterocycles. The Labute approximate surface area is 187 Å². The molecule has 1 saturated heterocycles. The lowest BCUT2D eigenvalue weighted by Gasteiger charge is -2.18. The fourth-order valence-electron chi connectivity index (χ4n) is 3.76. The van der Waals surface area contributed by atoms with Gasteiger partial charge in [0.25, 0.3) is 5.91 Å². The second-order valence-electron chi connectivity index (χ2n) is 8.13. The summed E-state index contributed by atoms with van der Waals surface area (Å²) >= 11 is 0. The SMILES string of the molecule is Cc1ccc(NC(=O)c2cccc(N3C[C@@H](C(=O)Nc4cccc(C)c4)CC3=O)c2)cc1. The van der Waals surface area contributed by atoms with Gasteiger partial charge >= 0.3 is 0 Å². The molecular formula is C26H25N3O3. The number of carbonyl (C=O) groups excluding carboxylic acids is 3. The topological polar surface area (TPSA) is 78.5 Å². The van der Waals surface area contributed by atoms with E-state index in [1.54, 1.807) is 29.2 Å². The molecule has 1 aliphatic rings. The van der Waals surface area contributed by atoms with Gasteiger partial charge in [-0.05, 0) is 61.9 Å². The minimum absolute atomic E-state index is 0.134. The second-order valence-corrected chi connectivity index (χ2v) is 8.13. The van der Waals surface area contributed by atoms with Crippen LogP contribution in [0.5, 0.6) is 0 Å². The van der Waals surface area contributed by atoms with Gasteiger partial charge in [-0.15, -0.1) is 0 Å². The van der Waals surface area contributed by atoms with Gasteiger partial charge in [0.05, 0.1) is 5.92 Å². The van der Waals surface area contributed by atoms with Gasteiger partial charge in [-0.25, -0.2) is 0 Å². The van der Waals surface area contributed by atoms with E-state index in [2.05, 4.69) is 10.6 Å². The van der Waals surface area contributed by atoms with Gasteiger partial charge in [0.15, 0.2) is 0 Å². The summed E-state index contributed by atoms with van der Waals surface area (Å²) in [6.45, 7) is 4.22. The van der Waals surface area contributed by atoms with Gasteiger partial charge in [-0.1, -0.05) is 35.9 Å². The molecule has 32 heavy (non-hydrogen) atoms. The number of benzene rings is 3. The third-order valence-corrected chi connectivity index (χ3v) is 5.51. The largest absolute Gasteiger partial charge is 0.326 e. The molecule has 3 amide bonds. The molecule has 0 saturated carbocycles. The van der Waals surface area contributed by atoms with Crippen LogP contribution in [0.3, 0.4) is 0 Å². The quantitative estimate of drug-likeness (QED) is 0.627. The number of nitrogens with zero attached hydrogens (tertiary/aromatic N) is 1. The maximum absolute atomic E-state index is 12.7. The van der Waals surface area contributed by atoms with Gasteiger partial charge in [0.2, 0.25) is 11.8 Å². The zero-order chi connectivity index (χ0) is 22.7. The number of hydrogen-bond donors (Lipinski definition) is 2. The average molecular weight is 428 g/mol. The Morgan fingerprint density at radius 2 is 1.59 bits per heavy atom. The first-order valence-electron chi connectivity index (χ1n) is 10.5. The summed E-state index contributed by atoms with van der Waals surface area (Å²) in [4.78, 5) is 39.6. The Morgan fingerprint density at radius 3 is 2.34 bits per heavy atom. The highest BCUT2D eigenvalue weighted by molar-refractivity contribution is 6.07. The third kappa shape index (κ3) is 4.86. The summed E-state index contributed by atoms with van der Waals surface area (Å²) in [5, 5.41) is 5.76. The van der Waals surface area contributed by atoms with Crippen LogP contribution in [0.25, 0.3) is 0 Å². The molecule has 2 N–H and O–H groups in total. The molecule has 3 aromatic carbocycles. The molecule has 0 bridgehead atoms. The first-order valence-corrected chi connectivity index (χ1v) is 10.5. The highest BCUT2D eigenvalue weighted by atomic mass is 16.2. The lowest BCUT2D eigenvalue weighted by atomic mass is 10.1. The van der Waals surface area contributed by atoms with Crippen LogP contribution in [0.1, 0.15) is 27.9 Å². The molecule has 0 aliphatic carbocycles. The third-order valence-electron chi connectivity index (χ3n) is 5.51. The molecule has 1 fully saturated rings. The number of aryl methyl sites for hydroxylation is 2. The Bertz CT molecular complexity index is 1170. The van der Waals surface area contributed by atoms with Crippen LogP contribution >= 0.6 is 0 Å². The van der Waals surface area contributed by atoms with Gasteiger partial charge in [-0.2, -0.15) is 0 Å². The van der Waals surface area contributed by atoms with Crippen molar-refractivity contribution >= 4 is 34.8 Å². The Hall–Kier alpha value is -3.93. The predicted octanol–water partition coefficient (Wildman–Crippen LogP) is 4.55. The summed E-state index contributed by atoms with van der Waals surface area (Å²) < 4.78 is 0. The molecule has 6 nitrogen and oxygen atoms in total. The molecule has 0 spiro atoms. The zero-order valence-corrected chi connectivity index (χ0v) is 18.1. The Kier molecular flexibility index (Phi) is 6.03. The number of carbonyl (C=O) groups is 3. The molecule has 0 aromatic heterocycles. The van der Waals surface area contributed by atoms with E-state index in [0.29, 0.717) is 16.9 Å². The first kappa shape index (κ1) is 21.3. The van der Waals surface area contributed by atoms with Crippen LogP contribution in [0.4, 0.5) is 17.1 Å². The van der Waals surface area contributed by atoms with E-state index in [1.807, 2.05) is 62.4 Å². The van der Waals surface area contributed by atoms with Crippen LogP contribution in [-0.4, -0.2) is 24.3 Å². The van der Waals surface area contributed by atoms with Crippen molar-refractivity contribution in [1.29, 1.82) is 0 Å². The maximum Gasteiger partial charge on any atom is 0.255 e. The van der Waals surface area contributed by atoms with Crippen molar-refractivity contribution in [2.24, 2.45) is 5.92 Å². The van der Waals surface area contributed by atoms with E-state index in [9.17, 15) is 14.4 Å². The van der Waals surface area contributed by atoms with Crippen LogP contribution in [0.2, 0.25) is 0 Å². The lowest BCUT2D eigenvalue weighted by Crippen LogP contribution is -2.28. The number of anilines is 3. The van der Waals surface area contributed by atoms with E-state index in [1.165, 1.54) is 0 Å². The van der Waals surface area contributed by atoms with E-state index in [0.717, 1.165) is 16.8 Å². The monoisotopic (exact) mass is 427 g/mol. The summed E-state index contributed by atoms with van der Waals surface area (Å²) in [5.74, 6) is -1.02. The predicted molar refractivity (Wildman–Crippen MR) is 126 cm³/mol. The minimum atomic E-state index is -0.451. The zero-order valence-electron chi connectivity index (χ0n) is 18.1. The number of rotatable bonds is 5. The molecule has 4 rings (SSSR count). The van der Waals surface area contributed by atoms with E-state index in [-0.39, 0.29) is 30.7 Å². The number of nitrogens with one attached hydrogen (secondary N) is 2. The van der Waals surface area contributed by atoms with E-state index in [4.69, 9.17) is 0 Å². The highest BCUT2D eigenvalue weighted by Gasteiger charge is 2.35.